The highest BCUT2D eigenvalue weighted by molar-refractivity contribution is 6.31. The molecular weight excluding hydrogens is 304 g/mol. The summed E-state index contributed by atoms with van der Waals surface area (Å²) in [6.45, 7) is 4.90. The second kappa shape index (κ2) is 6.44. The minimum atomic E-state index is -0.577. The molecule has 0 aromatic heterocycles. The number of rotatable bonds is 2. The molecule has 2 fully saturated rings. The standard InChI is InChI=1S/C16H21ClN2O3/c1-12-9-13(3-4-14(12)17)10-18-15(20)19-6-2-5-16(11-19)21-7-8-22-16/h3-4,9H,2,5-8,10-11H2,1H3,(H,18,20). The van der Waals surface area contributed by atoms with Gasteiger partial charge in [-0.15, -0.1) is 0 Å². The average Bonchev–Trinajstić information content (AvgIpc) is 2.96. The smallest absolute Gasteiger partial charge is 0.317 e. The number of urea groups is 1. The summed E-state index contributed by atoms with van der Waals surface area (Å²) in [5.74, 6) is -0.577. The number of nitrogens with one attached hydrogen (secondary N) is 1. The van der Waals surface area contributed by atoms with Crippen molar-refractivity contribution in [2.75, 3.05) is 26.3 Å². The number of aryl methyl sites for hydroxylation is 1. The Kier molecular flexibility index (Phi) is 4.57. The molecule has 0 saturated carbocycles. The van der Waals surface area contributed by atoms with Crippen LogP contribution in [0.5, 0.6) is 0 Å². The lowest BCUT2D eigenvalue weighted by atomic mass is 10.1. The average molecular weight is 325 g/mol. The Bertz CT molecular complexity index is 558. The van der Waals surface area contributed by atoms with E-state index in [9.17, 15) is 4.79 Å². The number of nitrogens with zero attached hydrogens (tertiary/aromatic N) is 1. The zero-order chi connectivity index (χ0) is 15.6. The normalized spacial score (nSPS) is 20.4. The van der Waals surface area contributed by atoms with Crippen LogP contribution in [-0.4, -0.2) is 43.0 Å². The quantitative estimate of drug-likeness (QED) is 0.910. The van der Waals surface area contributed by atoms with Crippen LogP contribution in [0.25, 0.3) is 0 Å². The molecule has 5 nitrogen and oxygen atoms in total. The number of piperidine rings is 1. The number of hydrogen-bond acceptors (Lipinski definition) is 3. The SMILES string of the molecule is Cc1cc(CNC(=O)N2CCCC3(C2)OCCO3)ccc1Cl. The Morgan fingerprint density at radius 1 is 1.41 bits per heavy atom. The van der Waals surface area contributed by atoms with E-state index in [0.29, 0.717) is 26.3 Å². The van der Waals surface area contributed by atoms with E-state index in [-0.39, 0.29) is 6.03 Å². The molecule has 3 rings (SSSR count). The summed E-state index contributed by atoms with van der Waals surface area (Å²) >= 11 is 6.01. The fourth-order valence-electron chi connectivity index (χ4n) is 3.00. The summed E-state index contributed by atoms with van der Waals surface area (Å²) in [4.78, 5) is 14.1. The van der Waals surface area contributed by atoms with Crippen molar-refractivity contribution >= 4 is 17.6 Å². The number of ether oxygens (including phenoxy) is 2. The summed E-state index contributed by atoms with van der Waals surface area (Å²) in [6.07, 6.45) is 1.75. The van der Waals surface area contributed by atoms with Gasteiger partial charge >= 0.3 is 6.03 Å². The predicted molar refractivity (Wildman–Crippen MR) is 83.9 cm³/mol. The fourth-order valence-corrected chi connectivity index (χ4v) is 3.12. The van der Waals surface area contributed by atoms with Crippen LogP contribution in [0.4, 0.5) is 4.79 Å². The van der Waals surface area contributed by atoms with Crippen LogP contribution in [0.15, 0.2) is 18.2 Å². The molecule has 6 heteroatoms. The van der Waals surface area contributed by atoms with Gasteiger partial charge in [0.1, 0.15) is 0 Å². The third-order valence-electron chi connectivity index (χ3n) is 4.18. The summed E-state index contributed by atoms with van der Waals surface area (Å²) in [7, 11) is 0. The number of carbonyl (C=O) groups is 1. The highest BCUT2D eigenvalue weighted by atomic mass is 35.5. The molecule has 2 amide bonds. The molecule has 0 aliphatic carbocycles. The van der Waals surface area contributed by atoms with Gasteiger partial charge in [-0.25, -0.2) is 4.79 Å². The van der Waals surface area contributed by atoms with Gasteiger partial charge in [0.2, 0.25) is 0 Å². The van der Waals surface area contributed by atoms with Crippen molar-refractivity contribution in [3.63, 3.8) is 0 Å². The maximum Gasteiger partial charge on any atom is 0.317 e. The van der Waals surface area contributed by atoms with Crippen molar-refractivity contribution in [1.29, 1.82) is 0 Å². The van der Waals surface area contributed by atoms with Crippen LogP contribution in [0.3, 0.4) is 0 Å². The highest BCUT2D eigenvalue weighted by Crippen LogP contribution is 2.30. The van der Waals surface area contributed by atoms with Crippen molar-refractivity contribution in [1.82, 2.24) is 10.2 Å². The minimum Gasteiger partial charge on any atom is -0.346 e. The van der Waals surface area contributed by atoms with E-state index < -0.39 is 5.79 Å². The zero-order valence-corrected chi connectivity index (χ0v) is 13.5. The topological polar surface area (TPSA) is 50.8 Å². The Morgan fingerprint density at radius 2 is 2.18 bits per heavy atom. The van der Waals surface area contributed by atoms with Gasteiger partial charge in [0.15, 0.2) is 5.79 Å². The van der Waals surface area contributed by atoms with Gasteiger partial charge in [-0.2, -0.15) is 0 Å². The third kappa shape index (κ3) is 3.37. The van der Waals surface area contributed by atoms with Crippen molar-refractivity contribution in [2.45, 2.75) is 32.1 Å². The first-order valence-electron chi connectivity index (χ1n) is 7.64. The Hall–Kier alpha value is -1.30. The molecule has 2 saturated heterocycles. The van der Waals surface area contributed by atoms with Crippen LogP contribution in [0, 0.1) is 6.92 Å². The van der Waals surface area contributed by atoms with E-state index in [1.54, 1.807) is 4.90 Å². The van der Waals surface area contributed by atoms with E-state index in [2.05, 4.69) is 5.32 Å². The minimum absolute atomic E-state index is 0.0780. The lowest BCUT2D eigenvalue weighted by Gasteiger charge is -2.38. The Morgan fingerprint density at radius 3 is 2.91 bits per heavy atom. The van der Waals surface area contributed by atoms with Gasteiger partial charge in [0.05, 0.1) is 19.8 Å². The molecule has 0 unspecified atom stereocenters. The van der Waals surface area contributed by atoms with Gasteiger partial charge in [-0.3, -0.25) is 0 Å². The van der Waals surface area contributed by atoms with Crippen LogP contribution in [-0.2, 0) is 16.0 Å². The second-order valence-electron chi connectivity index (χ2n) is 5.87. The molecule has 22 heavy (non-hydrogen) atoms. The largest absolute Gasteiger partial charge is 0.346 e. The zero-order valence-electron chi connectivity index (χ0n) is 12.7. The number of benzene rings is 1. The lowest BCUT2D eigenvalue weighted by molar-refractivity contribution is -0.182. The van der Waals surface area contributed by atoms with E-state index in [0.717, 1.165) is 35.5 Å². The van der Waals surface area contributed by atoms with Crippen molar-refractivity contribution in [3.8, 4) is 0 Å². The highest BCUT2D eigenvalue weighted by Gasteiger charge is 2.42. The number of likely N-dealkylation sites (tertiary alicyclic amines) is 1. The Balaban J connectivity index is 1.56. The summed E-state index contributed by atoms with van der Waals surface area (Å²) in [6, 6.07) is 5.69. The summed E-state index contributed by atoms with van der Waals surface area (Å²) < 4.78 is 11.4. The number of carbonyl (C=O) groups excluding carboxylic acids is 1. The molecule has 120 valence electrons. The number of halogens is 1. The molecular formula is C16H21ClN2O3. The van der Waals surface area contributed by atoms with Crippen molar-refractivity contribution in [3.05, 3.63) is 34.3 Å². The van der Waals surface area contributed by atoms with Crippen LogP contribution >= 0.6 is 11.6 Å². The van der Waals surface area contributed by atoms with E-state index >= 15 is 0 Å². The molecule has 2 heterocycles. The van der Waals surface area contributed by atoms with Gasteiger partial charge in [-0.05, 0) is 30.5 Å². The van der Waals surface area contributed by atoms with E-state index in [1.807, 2.05) is 25.1 Å². The van der Waals surface area contributed by atoms with Crippen molar-refractivity contribution < 1.29 is 14.3 Å². The summed E-state index contributed by atoms with van der Waals surface area (Å²) in [5.41, 5.74) is 2.05. The molecule has 0 bridgehead atoms. The first-order valence-corrected chi connectivity index (χ1v) is 8.01. The third-order valence-corrected chi connectivity index (χ3v) is 4.61. The van der Waals surface area contributed by atoms with Gasteiger partial charge in [-0.1, -0.05) is 23.7 Å². The fraction of sp³-hybridized carbons (Fsp3) is 0.562. The molecule has 0 atom stereocenters. The number of hydrogen-bond donors (Lipinski definition) is 1. The van der Waals surface area contributed by atoms with E-state index in [4.69, 9.17) is 21.1 Å². The monoisotopic (exact) mass is 324 g/mol. The predicted octanol–water partition coefficient (Wildman–Crippen LogP) is 2.70. The molecule has 1 aromatic carbocycles. The van der Waals surface area contributed by atoms with Crippen LogP contribution in [0.2, 0.25) is 5.02 Å². The van der Waals surface area contributed by atoms with Crippen LogP contribution in [0.1, 0.15) is 24.0 Å². The maximum absolute atomic E-state index is 12.3. The lowest BCUT2D eigenvalue weighted by Crippen LogP contribution is -2.53. The van der Waals surface area contributed by atoms with Crippen molar-refractivity contribution in [2.24, 2.45) is 0 Å². The van der Waals surface area contributed by atoms with Gasteiger partial charge in [0.25, 0.3) is 0 Å². The molecule has 0 radical (unpaired) electrons. The number of amides is 2. The first-order chi connectivity index (χ1) is 10.6. The first kappa shape index (κ1) is 15.6. The molecule has 1 aromatic rings. The van der Waals surface area contributed by atoms with Crippen LogP contribution < -0.4 is 5.32 Å². The summed E-state index contributed by atoms with van der Waals surface area (Å²) in [5, 5.41) is 3.69. The van der Waals surface area contributed by atoms with Gasteiger partial charge < -0.3 is 19.7 Å². The maximum atomic E-state index is 12.3. The van der Waals surface area contributed by atoms with E-state index in [1.165, 1.54) is 0 Å². The molecule has 2 aliphatic rings. The Labute approximate surface area is 135 Å². The molecule has 1 N–H and O–H groups in total. The van der Waals surface area contributed by atoms with Gasteiger partial charge in [0, 0.05) is 24.5 Å². The molecule has 1 spiro atoms. The molecule has 2 aliphatic heterocycles. The second-order valence-corrected chi connectivity index (χ2v) is 6.28.